The summed E-state index contributed by atoms with van der Waals surface area (Å²) in [4.78, 5) is 0. The maximum Gasteiger partial charge on any atom is 1.00 e. The third kappa shape index (κ3) is 17600. The molecule has 0 amide bonds. The molecule has 3 heteroatoms. The molecule has 28 valence electrons. The molecular weight excluding hydrogens is 104 g/mol. The molecule has 0 aromatic rings. The summed E-state index contributed by atoms with van der Waals surface area (Å²) in [5, 5.41) is 5.86. The first-order valence-corrected chi connectivity index (χ1v) is 0.622. The van der Waals surface area contributed by atoms with Crippen LogP contribution in [0.25, 0.3) is 0 Å². The largest absolute Gasteiger partial charge is 1.00 e. The van der Waals surface area contributed by atoms with Crippen molar-refractivity contribution in [1.29, 1.82) is 5.41 Å². The molecule has 0 aromatic carbocycles. The monoisotopic (exact) mass is 107 g/mol. The minimum atomic E-state index is 0. The summed E-state index contributed by atoms with van der Waals surface area (Å²) in [5.74, 6) is 0. The third-order valence-electron chi connectivity index (χ3n) is 0. The van der Waals surface area contributed by atoms with Crippen LogP contribution in [-0.4, -0.2) is 6.34 Å². The van der Waals surface area contributed by atoms with Gasteiger partial charge in [-0.1, -0.05) is 0 Å². The van der Waals surface area contributed by atoms with Gasteiger partial charge in [0.2, 0.25) is 0 Å². The minimum absolute atomic E-state index is 0. The van der Waals surface area contributed by atoms with Gasteiger partial charge in [-0.3, -0.25) is 5.41 Å². The number of nitrogens with one attached hydrogen (secondary N) is 1. The van der Waals surface area contributed by atoms with Gasteiger partial charge in [0.1, 0.15) is 0 Å². The average molecular weight is 108 g/mol. The van der Waals surface area contributed by atoms with Crippen LogP contribution in [0.2, 0.25) is 0 Å². The summed E-state index contributed by atoms with van der Waals surface area (Å²) in [6, 6.07) is 0. The summed E-state index contributed by atoms with van der Waals surface area (Å²) in [5.41, 5.74) is 4.39. The van der Waals surface area contributed by atoms with Crippen molar-refractivity contribution in [1.82, 2.24) is 0 Å². The van der Waals surface area contributed by atoms with E-state index in [0.717, 1.165) is 6.34 Å². The van der Waals surface area contributed by atoms with E-state index >= 15 is 0 Å². The molecule has 0 saturated heterocycles. The molecule has 0 saturated carbocycles. The van der Waals surface area contributed by atoms with E-state index in [2.05, 4.69) is 5.73 Å². The van der Waals surface area contributed by atoms with E-state index in [1.807, 2.05) is 0 Å². The Kier molecular flexibility index (Phi) is 27.2. The van der Waals surface area contributed by atoms with E-state index in [-0.39, 0.29) is 17.1 Å². The molecule has 0 atom stereocenters. The molecule has 0 heterocycles. The van der Waals surface area contributed by atoms with Crippen LogP contribution in [0, 0.1) is 5.41 Å². The van der Waals surface area contributed by atoms with Crippen molar-refractivity contribution in [2.75, 3.05) is 0 Å². The summed E-state index contributed by atoms with van der Waals surface area (Å²) in [7, 11) is 0. The van der Waals surface area contributed by atoms with Crippen molar-refractivity contribution in [3.8, 4) is 0 Å². The fourth-order valence-corrected chi connectivity index (χ4v) is 0. The minimum Gasteiger partial charge on any atom is -0.390 e. The van der Waals surface area contributed by atoms with Crippen molar-refractivity contribution in [2.24, 2.45) is 5.73 Å². The zero-order valence-electron chi connectivity index (χ0n) is 1.96. The van der Waals surface area contributed by atoms with Crippen LogP contribution in [0.15, 0.2) is 0 Å². The maximum absolute atomic E-state index is 5.86. The fourth-order valence-electron chi connectivity index (χ4n) is 0. The Morgan fingerprint density at radius 1 is 1.75 bits per heavy atom. The second-order valence-electron chi connectivity index (χ2n) is 0.167. The van der Waals surface area contributed by atoms with Gasteiger partial charge < -0.3 is 5.73 Å². The van der Waals surface area contributed by atoms with Crippen LogP contribution < -0.4 is 5.73 Å². The smallest absolute Gasteiger partial charge is 0.390 e. The predicted molar refractivity (Wildman–Crippen MR) is 13.0 cm³/mol. The molecule has 0 aromatic heterocycles. The van der Waals surface area contributed by atoms with Gasteiger partial charge in [-0.25, -0.2) is 0 Å². The first-order valence-electron chi connectivity index (χ1n) is 0.622. The van der Waals surface area contributed by atoms with Crippen LogP contribution in [-0.2, 0) is 17.1 Å². The quantitative estimate of drug-likeness (QED) is 0.246. The third-order valence-corrected chi connectivity index (χ3v) is 0. The van der Waals surface area contributed by atoms with Crippen LogP contribution in [0.1, 0.15) is 0 Å². The van der Waals surface area contributed by atoms with Crippen molar-refractivity contribution in [2.45, 2.75) is 0 Å². The van der Waals surface area contributed by atoms with E-state index < -0.39 is 0 Å². The summed E-state index contributed by atoms with van der Waals surface area (Å²) in [6.45, 7) is 0. The number of hydrogen-bond donors (Lipinski definition) is 2. The molecule has 0 spiro atoms. The molecule has 0 unspecified atom stereocenters. The van der Waals surface area contributed by atoms with Crippen molar-refractivity contribution >= 4 is 6.34 Å². The zero-order chi connectivity index (χ0) is 2.71. The van der Waals surface area contributed by atoms with Crippen LogP contribution in [0.3, 0.4) is 0 Å². The van der Waals surface area contributed by atoms with Crippen molar-refractivity contribution in [3.05, 3.63) is 0 Å². The normalized spacial score (nSPS) is 3.00. The molecular formula is CH4CuN2+. The van der Waals surface area contributed by atoms with Gasteiger partial charge in [-0.15, -0.1) is 0 Å². The van der Waals surface area contributed by atoms with Gasteiger partial charge in [0.05, 0.1) is 6.34 Å². The van der Waals surface area contributed by atoms with Gasteiger partial charge >= 0.3 is 17.1 Å². The second kappa shape index (κ2) is 12.1. The number of nitrogens with two attached hydrogens (primary N) is 1. The summed E-state index contributed by atoms with van der Waals surface area (Å²) < 4.78 is 0. The van der Waals surface area contributed by atoms with E-state index in [0.29, 0.717) is 0 Å². The second-order valence-corrected chi connectivity index (χ2v) is 0.167. The molecule has 3 N–H and O–H groups in total. The molecule has 0 radical (unpaired) electrons. The first-order chi connectivity index (χ1) is 1.41. The molecule has 0 aliphatic heterocycles. The van der Waals surface area contributed by atoms with Crippen molar-refractivity contribution in [3.63, 3.8) is 0 Å². The SMILES string of the molecule is N=CN.[Cu+]. The van der Waals surface area contributed by atoms with E-state index in [4.69, 9.17) is 5.41 Å². The summed E-state index contributed by atoms with van der Waals surface area (Å²) >= 11 is 0. The fraction of sp³-hybridized carbons (Fsp3) is 0. The molecule has 2 nitrogen and oxygen atoms in total. The standard InChI is InChI=1S/CH4N2.Cu/c2-1-3;/h1H,(H3,2,3);/q;+1. The Balaban J connectivity index is 0. The maximum atomic E-state index is 5.86. The number of hydrogen-bond acceptors (Lipinski definition) is 1. The van der Waals surface area contributed by atoms with Gasteiger partial charge in [0.25, 0.3) is 0 Å². The zero-order valence-corrected chi connectivity index (χ0v) is 2.90. The summed E-state index contributed by atoms with van der Waals surface area (Å²) in [6.07, 6.45) is 0.750. The first kappa shape index (κ1) is 9.01. The predicted octanol–water partition coefficient (Wildman–Crippen LogP) is -0.450. The molecule has 0 rings (SSSR count). The van der Waals surface area contributed by atoms with Gasteiger partial charge in [-0.05, 0) is 0 Å². The Bertz CT molecular complexity index is 13.5. The average Bonchev–Trinajstić information content (AvgIpc) is 0.918. The van der Waals surface area contributed by atoms with Crippen LogP contribution in [0.5, 0.6) is 0 Å². The molecule has 0 fully saturated rings. The van der Waals surface area contributed by atoms with Gasteiger partial charge in [0, 0.05) is 0 Å². The van der Waals surface area contributed by atoms with Gasteiger partial charge in [0.15, 0.2) is 0 Å². The van der Waals surface area contributed by atoms with Gasteiger partial charge in [-0.2, -0.15) is 0 Å². The number of rotatable bonds is 0. The van der Waals surface area contributed by atoms with E-state index in [1.165, 1.54) is 0 Å². The van der Waals surface area contributed by atoms with Crippen molar-refractivity contribution < 1.29 is 17.1 Å². The Hall–Kier alpha value is -0.0105. The van der Waals surface area contributed by atoms with E-state index in [1.54, 1.807) is 0 Å². The Labute approximate surface area is 35.4 Å². The molecule has 0 aliphatic rings. The van der Waals surface area contributed by atoms with E-state index in [9.17, 15) is 0 Å². The molecule has 4 heavy (non-hydrogen) atoms. The topological polar surface area (TPSA) is 49.9 Å². The van der Waals surface area contributed by atoms with Crippen LogP contribution >= 0.6 is 0 Å². The van der Waals surface area contributed by atoms with Crippen LogP contribution in [0.4, 0.5) is 0 Å². The molecule has 0 aliphatic carbocycles. The molecule has 0 bridgehead atoms. The Morgan fingerprint density at radius 2 is 1.75 bits per heavy atom. The Morgan fingerprint density at radius 3 is 1.75 bits per heavy atom.